The smallest absolute Gasteiger partial charge is 0.306 e. The maximum absolute atomic E-state index is 11.3. The minimum absolute atomic E-state index is 0.428. The van der Waals surface area contributed by atoms with Crippen molar-refractivity contribution in [3.05, 3.63) is 60.3 Å². The van der Waals surface area contributed by atoms with Crippen molar-refractivity contribution in [2.24, 2.45) is 11.8 Å². The number of fused-ring (bicyclic) bond motifs is 1. The molecule has 0 amide bonds. The molecule has 4 rings (SSSR count). The Morgan fingerprint density at radius 3 is 2.76 bits per heavy atom. The van der Waals surface area contributed by atoms with Gasteiger partial charge in [-0.25, -0.2) is 0 Å². The molecule has 29 heavy (non-hydrogen) atoms. The summed E-state index contributed by atoms with van der Waals surface area (Å²) in [6.07, 6.45) is 7.43. The molecule has 0 aliphatic heterocycles. The zero-order chi connectivity index (χ0) is 20.2. The van der Waals surface area contributed by atoms with Gasteiger partial charge in [-0.3, -0.25) is 9.78 Å². The van der Waals surface area contributed by atoms with Gasteiger partial charge in [-0.05, 0) is 55.0 Å². The summed E-state index contributed by atoms with van der Waals surface area (Å²) in [5.74, 6) is 0.272. The highest BCUT2D eigenvalue weighted by molar-refractivity contribution is 5.85. The highest BCUT2D eigenvalue weighted by Crippen LogP contribution is 2.34. The summed E-state index contributed by atoms with van der Waals surface area (Å²) in [6.45, 7) is 2.48. The zero-order valence-corrected chi connectivity index (χ0v) is 16.8. The number of ether oxygens (including phenoxy) is 1. The van der Waals surface area contributed by atoms with Crippen molar-refractivity contribution in [1.82, 2.24) is 4.98 Å². The van der Waals surface area contributed by atoms with Gasteiger partial charge in [0.1, 0.15) is 5.75 Å². The number of carboxylic acids is 1. The molecule has 2 aromatic carbocycles. The molecule has 1 heterocycles. The van der Waals surface area contributed by atoms with E-state index in [0.717, 1.165) is 39.9 Å². The van der Waals surface area contributed by atoms with Crippen LogP contribution in [-0.4, -0.2) is 22.7 Å². The maximum atomic E-state index is 11.3. The lowest BCUT2D eigenvalue weighted by Crippen LogP contribution is -2.12. The Morgan fingerprint density at radius 2 is 1.97 bits per heavy atom. The first-order chi connectivity index (χ1) is 14.1. The first-order valence-electron chi connectivity index (χ1n) is 10.4. The van der Waals surface area contributed by atoms with Crippen molar-refractivity contribution in [2.45, 2.75) is 39.0 Å². The minimum Gasteiger partial charge on any atom is -0.493 e. The summed E-state index contributed by atoms with van der Waals surface area (Å²) in [5, 5.41) is 10.4. The number of nitrogens with zero attached hydrogens (tertiary/aromatic N) is 1. The third-order valence-electron chi connectivity index (χ3n) is 5.86. The van der Waals surface area contributed by atoms with E-state index in [-0.39, 0.29) is 0 Å². The summed E-state index contributed by atoms with van der Waals surface area (Å²) in [4.78, 5) is 15.9. The van der Waals surface area contributed by atoms with Gasteiger partial charge in [0, 0.05) is 22.7 Å². The van der Waals surface area contributed by atoms with Crippen molar-refractivity contribution in [1.29, 1.82) is 0 Å². The van der Waals surface area contributed by atoms with Gasteiger partial charge in [-0.1, -0.05) is 44.0 Å². The Hall–Kier alpha value is -2.88. The monoisotopic (exact) mass is 389 g/mol. The summed E-state index contributed by atoms with van der Waals surface area (Å²) < 4.78 is 6.25. The van der Waals surface area contributed by atoms with Gasteiger partial charge in [-0.2, -0.15) is 0 Å². The van der Waals surface area contributed by atoms with E-state index in [1.165, 1.54) is 25.7 Å². The molecule has 150 valence electrons. The lowest BCUT2D eigenvalue weighted by Gasteiger charge is -2.17. The highest BCUT2D eigenvalue weighted by Gasteiger charge is 2.18. The van der Waals surface area contributed by atoms with Crippen LogP contribution in [0.15, 0.2) is 54.7 Å². The molecule has 1 fully saturated rings. The van der Waals surface area contributed by atoms with Gasteiger partial charge in [-0.15, -0.1) is 0 Å². The molecule has 1 aromatic heterocycles. The molecule has 0 radical (unpaired) electrons. The fourth-order valence-corrected chi connectivity index (χ4v) is 4.10. The van der Waals surface area contributed by atoms with E-state index in [9.17, 15) is 9.90 Å². The number of benzene rings is 2. The molecule has 4 nitrogen and oxygen atoms in total. The van der Waals surface area contributed by atoms with E-state index in [2.05, 4.69) is 23.2 Å². The standard InChI is InChI=1S/C25H27NO3/c1-17(25(27)28)12-19-10-11-24(29-16-18-6-2-3-7-18)22(13-19)21-14-20-8-4-5-9-23(20)26-15-21/h4-5,8-11,13-15,17-18H,2-3,6-7,12,16H2,1H3,(H,27,28). The second-order valence-corrected chi connectivity index (χ2v) is 8.15. The summed E-state index contributed by atoms with van der Waals surface area (Å²) >= 11 is 0. The summed E-state index contributed by atoms with van der Waals surface area (Å²) in [5.41, 5.74) is 3.93. The first kappa shape index (κ1) is 19.4. The predicted octanol–water partition coefficient (Wildman–Crippen LogP) is 5.73. The fourth-order valence-electron chi connectivity index (χ4n) is 4.10. The molecule has 1 saturated carbocycles. The van der Waals surface area contributed by atoms with Crippen LogP contribution in [0.2, 0.25) is 0 Å². The van der Waals surface area contributed by atoms with Crippen molar-refractivity contribution in [3.8, 4) is 16.9 Å². The number of rotatable bonds is 7. The molecule has 1 unspecified atom stereocenters. The number of hydrogen-bond acceptors (Lipinski definition) is 3. The fraction of sp³-hybridized carbons (Fsp3) is 0.360. The van der Waals surface area contributed by atoms with E-state index in [1.807, 2.05) is 36.5 Å². The Labute approximate surface area is 171 Å². The molecule has 1 aliphatic rings. The van der Waals surface area contributed by atoms with Crippen LogP contribution in [0.4, 0.5) is 0 Å². The van der Waals surface area contributed by atoms with Crippen molar-refractivity contribution in [3.63, 3.8) is 0 Å². The molecular formula is C25H27NO3. The van der Waals surface area contributed by atoms with Gasteiger partial charge in [0.05, 0.1) is 18.0 Å². The van der Waals surface area contributed by atoms with Crippen LogP contribution < -0.4 is 4.74 Å². The number of hydrogen-bond donors (Lipinski definition) is 1. The quantitative estimate of drug-likeness (QED) is 0.560. The number of aliphatic carboxylic acids is 1. The second kappa shape index (κ2) is 8.64. The van der Waals surface area contributed by atoms with E-state index >= 15 is 0 Å². The van der Waals surface area contributed by atoms with Crippen LogP contribution in [0.3, 0.4) is 0 Å². The molecule has 4 heteroatoms. The number of pyridine rings is 1. The number of para-hydroxylation sites is 1. The number of aromatic nitrogens is 1. The largest absolute Gasteiger partial charge is 0.493 e. The SMILES string of the molecule is CC(Cc1ccc(OCC2CCCC2)c(-c2cnc3ccccc3c2)c1)C(=O)O. The van der Waals surface area contributed by atoms with Crippen molar-refractivity contribution in [2.75, 3.05) is 6.61 Å². The van der Waals surface area contributed by atoms with Gasteiger partial charge < -0.3 is 9.84 Å². The normalized spacial score (nSPS) is 15.5. The zero-order valence-electron chi connectivity index (χ0n) is 16.8. The van der Waals surface area contributed by atoms with Gasteiger partial charge in [0.15, 0.2) is 0 Å². The lowest BCUT2D eigenvalue weighted by atomic mass is 9.96. The molecule has 1 N–H and O–H groups in total. The average Bonchev–Trinajstić information content (AvgIpc) is 3.26. The predicted molar refractivity (Wildman–Crippen MR) is 115 cm³/mol. The third-order valence-corrected chi connectivity index (χ3v) is 5.86. The molecular weight excluding hydrogens is 362 g/mol. The average molecular weight is 389 g/mol. The number of carbonyl (C=O) groups is 1. The van der Waals surface area contributed by atoms with Crippen LogP contribution in [0.5, 0.6) is 5.75 Å². The van der Waals surface area contributed by atoms with Crippen LogP contribution in [-0.2, 0) is 11.2 Å². The van der Waals surface area contributed by atoms with Gasteiger partial charge >= 0.3 is 5.97 Å². The lowest BCUT2D eigenvalue weighted by molar-refractivity contribution is -0.141. The number of carboxylic acid groups (broad SMARTS) is 1. The third kappa shape index (κ3) is 4.58. The molecule has 0 bridgehead atoms. The van der Waals surface area contributed by atoms with Crippen LogP contribution in [0.1, 0.15) is 38.2 Å². The van der Waals surface area contributed by atoms with Crippen molar-refractivity contribution < 1.29 is 14.6 Å². The topological polar surface area (TPSA) is 59.4 Å². The molecule has 3 aromatic rings. The Morgan fingerprint density at radius 1 is 1.17 bits per heavy atom. The Bertz CT molecular complexity index is 1010. The van der Waals surface area contributed by atoms with E-state index in [1.54, 1.807) is 6.92 Å². The molecule has 1 aliphatic carbocycles. The summed E-state index contributed by atoms with van der Waals surface area (Å²) in [7, 11) is 0. The van der Waals surface area contributed by atoms with Crippen LogP contribution >= 0.6 is 0 Å². The second-order valence-electron chi connectivity index (χ2n) is 8.15. The van der Waals surface area contributed by atoms with E-state index in [4.69, 9.17) is 4.74 Å². The van der Waals surface area contributed by atoms with E-state index in [0.29, 0.717) is 12.3 Å². The summed E-state index contributed by atoms with van der Waals surface area (Å²) in [6, 6.07) is 16.2. The highest BCUT2D eigenvalue weighted by atomic mass is 16.5. The minimum atomic E-state index is -0.777. The molecule has 1 atom stereocenters. The molecule has 0 saturated heterocycles. The Kier molecular flexibility index (Phi) is 5.79. The van der Waals surface area contributed by atoms with Crippen LogP contribution in [0.25, 0.3) is 22.0 Å². The van der Waals surface area contributed by atoms with E-state index < -0.39 is 11.9 Å². The van der Waals surface area contributed by atoms with Crippen LogP contribution in [0, 0.1) is 11.8 Å². The van der Waals surface area contributed by atoms with Gasteiger partial charge in [0.25, 0.3) is 0 Å². The van der Waals surface area contributed by atoms with Gasteiger partial charge in [0.2, 0.25) is 0 Å². The Balaban J connectivity index is 1.68. The first-order valence-corrected chi connectivity index (χ1v) is 10.4. The van der Waals surface area contributed by atoms with Crippen molar-refractivity contribution >= 4 is 16.9 Å². The maximum Gasteiger partial charge on any atom is 0.306 e. The molecule has 0 spiro atoms.